The van der Waals surface area contributed by atoms with E-state index in [1.165, 1.54) is 0 Å². The first-order valence-corrected chi connectivity index (χ1v) is 7.99. The van der Waals surface area contributed by atoms with Gasteiger partial charge in [0.05, 0.1) is 13.2 Å². The van der Waals surface area contributed by atoms with Crippen LogP contribution in [0.1, 0.15) is 37.4 Å². The predicted octanol–water partition coefficient (Wildman–Crippen LogP) is 1.62. The van der Waals surface area contributed by atoms with Gasteiger partial charge in [0.1, 0.15) is 5.75 Å². The number of aliphatic hydroxyl groups excluding tert-OH is 1. The van der Waals surface area contributed by atoms with Crippen molar-refractivity contribution in [2.24, 2.45) is 5.92 Å². The van der Waals surface area contributed by atoms with Crippen molar-refractivity contribution in [2.45, 2.75) is 31.8 Å². The van der Waals surface area contributed by atoms with Gasteiger partial charge in [0.15, 0.2) is 0 Å². The normalized spacial score (nSPS) is 17.0. The summed E-state index contributed by atoms with van der Waals surface area (Å²) in [5, 5.41) is 16.3. The largest absolute Gasteiger partial charge is 0.496 e. The van der Waals surface area contributed by atoms with Gasteiger partial charge in [0.25, 0.3) is 0 Å². The molecule has 1 amide bonds. The number of hydrogen-bond donors (Lipinski definition) is 3. The lowest BCUT2D eigenvalue weighted by molar-refractivity contribution is -0.121. The Hall–Kier alpha value is -1.59. The fraction of sp³-hybridized carbons (Fsp3) is 0.588. The molecule has 1 aliphatic rings. The number of carbonyl (C=O) groups is 1. The molecule has 0 radical (unpaired) electrons. The fourth-order valence-corrected chi connectivity index (χ4v) is 2.86. The van der Waals surface area contributed by atoms with E-state index < -0.39 is 6.10 Å². The molecule has 0 saturated carbocycles. The SMILES string of the molecule is COc1ccccc1C(O)CNC(=O)CCC1CCNCC1. The number of piperidine rings is 1. The number of nitrogens with one attached hydrogen (secondary N) is 2. The van der Waals surface area contributed by atoms with Crippen LogP contribution in [0.3, 0.4) is 0 Å². The van der Waals surface area contributed by atoms with E-state index in [1.54, 1.807) is 13.2 Å². The number of amides is 1. The molecule has 1 aromatic carbocycles. The second-order valence-electron chi connectivity index (χ2n) is 5.79. The Kier molecular flexibility index (Phi) is 6.68. The highest BCUT2D eigenvalue weighted by molar-refractivity contribution is 5.75. The van der Waals surface area contributed by atoms with Gasteiger partial charge in [0.2, 0.25) is 5.91 Å². The molecule has 1 unspecified atom stereocenters. The highest BCUT2D eigenvalue weighted by Gasteiger charge is 2.16. The first-order chi connectivity index (χ1) is 10.7. The van der Waals surface area contributed by atoms with Crippen molar-refractivity contribution < 1.29 is 14.6 Å². The Morgan fingerprint density at radius 3 is 2.86 bits per heavy atom. The van der Waals surface area contributed by atoms with E-state index in [0.717, 1.165) is 32.4 Å². The molecule has 0 aromatic heterocycles. The van der Waals surface area contributed by atoms with Crippen LogP contribution in [0.2, 0.25) is 0 Å². The van der Waals surface area contributed by atoms with Crippen molar-refractivity contribution in [3.8, 4) is 5.75 Å². The summed E-state index contributed by atoms with van der Waals surface area (Å²) >= 11 is 0. The molecule has 0 aliphatic carbocycles. The summed E-state index contributed by atoms with van der Waals surface area (Å²) in [7, 11) is 1.57. The van der Waals surface area contributed by atoms with Crippen molar-refractivity contribution in [3.05, 3.63) is 29.8 Å². The van der Waals surface area contributed by atoms with Crippen molar-refractivity contribution in [3.63, 3.8) is 0 Å². The molecule has 2 rings (SSSR count). The standard InChI is InChI=1S/C17H26N2O3/c1-22-16-5-3-2-4-14(16)15(20)12-19-17(21)7-6-13-8-10-18-11-9-13/h2-5,13,15,18,20H,6-12H2,1H3,(H,19,21). The number of carbonyl (C=O) groups excluding carboxylic acids is 1. The van der Waals surface area contributed by atoms with Crippen LogP contribution in [-0.2, 0) is 4.79 Å². The van der Waals surface area contributed by atoms with E-state index in [-0.39, 0.29) is 12.5 Å². The molecule has 1 atom stereocenters. The highest BCUT2D eigenvalue weighted by atomic mass is 16.5. The van der Waals surface area contributed by atoms with Gasteiger partial charge >= 0.3 is 0 Å². The van der Waals surface area contributed by atoms with E-state index >= 15 is 0 Å². The number of rotatable bonds is 7. The minimum Gasteiger partial charge on any atom is -0.496 e. The maximum atomic E-state index is 11.9. The second-order valence-corrected chi connectivity index (χ2v) is 5.79. The summed E-state index contributed by atoms with van der Waals surface area (Å²) < 4.78 is 5.22. The lowest BCUT2D eigenvalue weighted by Crippen LogP contribution is -2.31. The second kappa shape index (κ2) is 8.76. The van der Waals surface area contributed by atoms with Crippen molar-refractivity contribution >= 4 is 5.91 Å². The minimum atomic E-state index is -0.751. The zero-order chi connectivity index (χ0) is 15.8. The Bertz CT molecular complexity index is 473. The molecular weight excluding hydrogens is 280 g/mol. The Morgan fingerprint density at radius 2 is 2.14 bits per heavy atom. The van der Waals surface area contributed by atoms with Crippen LogP contribution in [0, 0.1) is 5.92 Å². The average molecular weight is 306 g/mol. The number of methoxy groups -OCH3 is 1. The molecule has 1 aromatic rings. The zero-order valence-corrected chi connectivity index (χ0v) is 13.2. The van der Waals surface area contributed by atoms with Gasteiger partial charge in [-0.25, -0.2) is 0 Å². The number of aliphatic hydroxyl groups is 1. The Balaban J connectivity index is 1.73. The predicted molar refractivity (Wildman–Crippen MR) is 85.8 cm³/mol. The van der Waals surface area contributed by atoms with Crippen molar-refractivity contribution in [1.82, 2.24) is 10.6 Å². The molecule has 22 heavy (non-hydrogen) atoms. The van der Waals surface area contributed by atoms with Crippen LogP contribution in [0.4, 0.5) is 0 Å². The summed E-state index contributed by atoms with van der Waals surface area (Å²) in [5.74, 6) is 1.29. The molecular formula is C17H26N2O3. The van der Waals surface area contributed by atoms with Gasteiger partial charge in [-0.05, 0) is 44.3 Å². The van der Waals surface area contributed by atoms with Crippen LogP contribution >= 0.6 is 0 Å². The topological polar surface area (TPSA) is 70.6 Å². The molecule has 0 spiro atoms. The zero-order valence-electron chi connectivity index (χ0n) is 13.2. The molecule has 0 bridgehead atoms. The first kappa shape index (κ1) is 16.8. The van der Waals surface area contributed by atoms with E-state index in [9.17, 15) is 9.90 Å². The van der Waals surface area contributed by atoms with Crippen LogP contribution < -0.4 is 15.4 Å². The third kappa shape index (κ3) is 5.00. The monoisotopic (exact) mass is 306 g/mol. The van der Waals surface area contributed by atoms with E-state index in [1.807, 2.05) is 18.2 Å². The van der Waals surface area contributed by atoms with Gasteiger partial charge in [-0.1, -0.05) is 18.2 Å². The van der Waals surface area contributed by atoms with Crippen molar-refractivity contribution in [2.75, 3.05) is 26.7 Å². The van der Waals surface area contributed by atoms with E-state index in [0.29, 0.717) is 23.7 Å². The quantitative estimate of drug-likeness (QED) is 0.716. The lowest BCUT2D eigenvalue weighted by atomic mass is 9.93. The Labute approximate surface area is 132 Å². The maximum absolute atomic E-state index is 11.9. The van der Waals surface area contributed by atoms with Crippen LogP contribution in [0.5, 0.6) is 5.75 Å². The molecule has 1 aliphatic heterocycles. The van der Waals surface area contributed by atoms with Crippen LogP contribution in [0.25, 0.3) is 0 Å². The summed E-state index contributed by atoms with van der Waals surface area (Å²) in [6, 6.07) is 7.31. The third-order valence-electron chi connectivity index (χ3n) is 4.23. The molecule has 1 fully saturated rings. The number of para-hydroxylation sites is 1. The summed E-state index contributed by atoms with van der Waals surface area (Å²) in [5.41, 5.74) is 0.698. The molecule has 5 heteroatoms. The fourth-order valence-electron chi connectivity index (χ4n) is 2.86. The summed E-state index contributed by atoms with van der Waals surface area (Å²) in [4.78, 5) is 11.9. The van der Waals surface area contributed by atoms with Gasteiger partial charge in [-0.15, -0.1) is 0 Å². The highest BCUT2D eigenvalue weighted by Crippen LogP contribution is 2.24. The van der Waals surface area contributed by atoms with E-state index in [4.69, 9.17) is 4.74 Å². The van der Waals surface area contributed by atoms with Gasteiger partial charge in [-0.3, -0.25) is 4.79 Å². The molecule has 1 saturated heterocycles. The van der Waals surface area contributed by atoms with Gasteiger partial charge in [-0.2, -0.15) is 0 Å². The first-order valence-electron chi connectivity index (χ1n) is 7.99. The average Bonchev–Trinajstić information content (AvgIpc) is 2.58. The third-order valence-corrected chi connectivity index (χ3v) is 4.23. The maximum Gasteiger partial charge on any atom is 0.220 e. The van der Waals surface area contributed by atoms with Crippen LogP contribution in [-0.4, -0.2) is 37.8 Å². The molecule has 1 heterocycles. The lowest BCUT2D eigenvalue weighted by Gasteiger charge is -2.22. The van der Waals surface area contributed by atoms with E-state index in [2.05, 4.69) is 10.6 Å². The molecule has 5 nitrogen and oxygen atoms in total. The molecule has 3 N–H and O–H groups in total. The summed E-state index contributed by atoms with van der Waals surface area (Å²) in [6.45, 7) is 2.32. The summed E-state index contributed by atoms with van der Waals surface area (Å²) in [6.07, 6.45) is 3.01. The number of ether oxygens (including phenoxy) is 1. The smallest absolute Gasteiger partial charge is 0.220 e. The van der Waals surface area contributed by atoms with Crippen LogP contribution in [0.15, 0.2) is 24.3 Å². The number of hydrogen-bond acceptors (Lipinski definition) is 4. The Morgan fingerprint density at radius 1 is 1.41 bits per heavy atom. The van der Waals surface area contributed by atoms with Gasteiger partial charge in [0, 0.05) is 18.5 Å². The number of benzene rings is 1. The van der Waals surface area contributed by atoms with Gasteiger partial charge < -0.3 is 20.5 Å². The van der Waals surface area contributed by atoms with Crippen molar-refractivity contribution in [1.29, 1.82) is 0 Å². The molecule has 122 valence electrons. The minimum absolute atomic E-state index is 0.00693.